The number of hydrogen-bond acceptors (Lipinski definition) is 5. The van der Waals surface area contributed by atoms with Gasteiger partial charge in [-0.3, -0.25) is 19.5 Å². The highest BCUT2D eigenvalue weighted by atomic mass is 35.5. The lowest BCUT2D eigenvalue weighted by Gasteiger charge is -2.16. The number of aromatic nitrogens is 1. The van der Waals surface area contributed by atoms with Gasteiger partial charge in [-0.05, 0) is 54.6 Å². The second-order valence-electron chi connectivity index (χ2n) is 7.30. The van der Waals surface area contributed by atoms with Crippen LogP contribution in [0.3, 0.4) is 0 Å². The molecule has 1 aromatic heterocycles. The van der Waals surface area contributed by atoms with Crippen molar-refractivity contribution in [3.05, 3.63) is 89.5 Å². The van der Waals surface area contributed by atoms with E-state index < -0.39 is 5.25 Å². The summed E-state index contributed by atoms with van der Waals surface area (Å²) in [5.41, 5.74) is 1.95. The minimum absolute atomic E-state index is 0.0322. The van der Waals surface area contributed by atoms with Gasteiger partial charge in [-0.25, -0.2) is 9.38 Å². The molecule has 33 heavy (non-hydrogen) atoms. The maximum absolute atomic E-state index is 13.2. The number of carbonyl (C=O) groups is 2. The van der Waals surface area contributed by atoms with E-state index in [0.29, 0.717) is 34.5 Å². The fourth-order valence-electron chi connectivity index (χ4n) is 3.27. The Bertz CT molecular complexity index is 1170. The number of amidine groups is 1. The Kier molecular flexibility index (Phi) is 7.36. The van der Waals surface area contributed by atoms with Gasteiger partial charge in [0, 0.05) is 42.0 Å². The first-order chi connectivity index (χ1) is 16.0. The average molecular weight is 483 g/mol. The molecule has 2 aromatic carbocycles. The summed E-state index contributed by atoms with van der Waals surface area (Å²) in [5, 5.41) is 3.14. The standard InChI is InChI=1S/C24H20ClFN4O2S/c25-16-4-3-6-20(14-16)29-24-30(13-11-18-5-1-2-12-27-18)23(32)21(33-24)15-22(31)28-19-9-7-17(26)8-10-19/h1-10,12,14,21H,11,13,15H2,(H,28,31)/t21-/m0/s1. The fourth-order valence-corrected chi connectivity index (χ4v) is 4.64. The molecule has 0 unspecified atom stereocenters. The smallest absolute Gasteiger partial charge is 0.242 e. The van der Waals surface area contributed by atoms with Gasteiger partial charge in [0.1, 0.15) is 11.1 Å². The highest BCUT2D eigenvalue weighted by molar-refractivity contribution is 8.15. The van der Waals surface area contributed by atoms with Gasteiger partial charge in [-0.2, -0.15) is 0 Å². The van der Waals surface area contributed by atoms with Crippen molar-refractivity contribution >= 4 is 51.7 Å². The van der Waals surface area contributed by atoms with Crippen LogP contribution in [-0.4, -0.2) is 38.7 Å². The first kappa shape index (κ1) is 22.9. The van der Waals surface area contributed by atoms with E-state index >= 15 is 0 Å². The van der Waals surface area contributed by atoms with Crippen LogP contribution in [0.15, 0.2) is 77.9 Å². The zero-order valence-corrected chi connectivity index (χ0v) is 19.0. The quantitative estimate of drug-likeness (QED) is 0.509. The van der Waals surface area contributed by atoms with Gasteiger partial charge < -0.3 is 5.32 Å². The van der Waals surface area contributed by atoms with Gasteiger partial charge in [0.2, 0.25) is 11.8 Å². The molecule has 1 saturated heterocycles. The number of halogens is 2. The van der Waals surface area contributed by atoms with Crippen LogP contribution in [0.2, 0.25) is 5.02 Å². The summed E-state index contributed by atoms with van der Waals surface area (Å²) >= 11 is 7.33. The third-order valence-electron chi connectivity index (χ3n) is 4.87. The molecule has 168 valence electrons. The number of thioether (sulfide) groups is 1. The van der Waals surface area contributed by atoms with Crippen LogP contribution in [0.25, 0.3) is 0 Å². The Hall–Kier alpha value is -3.23. The van der Waals surface area contributed by atoms with Crippen LogP contribution in [0, 0.1) is 5.82 Å². The zero-order chi connectivity index (χ0) is 23.2. The van der Waals surface area contributed by atoms with Crippen LogP contribution in [0.4, 0.5) is 15.8 Å². The minimum atomic E-state index is -0.618. The average Bonchev–Trinajstić information content (AvgIpc) is 3.08. The Morgan fingerprint density at radius 3 is 2.70 bits per heavy atom. The third-order valence-corrected chi connectivity index (χ3v) is 6.28. The van der Waals surface area contributed by atoms with Crippen molar-refractivity contribution < 1.29 is 14.0 Å². The summed E-state index contributed by atoms with van der Waals surface area (Å²) in [6.45, 7) is 0.387. The van der Waals surface area contributed by atoms with E-state index in [9.17, 15) is 14.0 Å². The number of pyridine rings is 1. The van der Waals surface area contributed by atoms with E-state index in [4.69, 9.17) is 11.6 Å². The van der Waals surface area contributed by atoms with E-state index in [1.165, 1.54) is 36.0 Å². The van der Waals surface area contributed by atoms with E-state index in [-0.39, 0.29) is 24.1 Å². The van der Waals surface area contributed by atoms with Gasteiger partial charge in [0.15, 0.2) is 5.17 Å². The number of aliphatic imine (C=N–C) groups is 1. The summed E-state index contributed by atoms with van der Waals surface area (Å²) in [6.07, 6.45) is 2.23. The van der Waals surface area contributed by atoms with E-state index in [1.807, 2.05) is 18.2 Å². The summed E-state index contributed by atoms with van der Waals surface area (Å²) in [7, 11) is 0. The topological polar surface area (TPSA) is 74.7 Å². The summed E-state index contributed by atoms with van der Waals surface area (Å²) in [6, 6.07) is 18.2. The molecular formula is C24H20ClFN4O2S. The molecule has 0 saturated carbocycles. The van der Waals surface area contributed by atoms with Gasteiger partial charge in [-0.1, -0.05) is 35.5 Å². The van der Waals surface area contributed by atoms with Crippen LogP contribution in [-0.2, 0) is 16.0 Å². The summed E-state index contributed by atoms with van der Waals surface area (Å²) < 4.78 is 13.1. The number of nitrogens with one attached hydrogen (secondary N) is 1. The largest absolute Gasteiger partial charge is 0.326 e. The molecule has 0 bridgehead atoms. The van der Waals surface area contributed by atoms with Gasteiger partial charge in [0.05, 0.1) is 5.69 Å². The lowest BCUT2D eigenvalue weighted by atomic mass is 10.2. The minimum Gasteiger partial charge on any atom is -0.326 e. The van der Waals surface area contributed by atoms with Crippen LogP contribution in [0.5, 0.6) is 0 Å². The fraction of sp³-hybridized carbons (Fsp3) is 0.167. The van der Waals surface area contributed by atoms with Crippen molar-refractivity contribution in [2.24, 2.45) is 4.99 Å². The lowest BCUT2D eigenvalue weighted by Crippen LogP contribution is -2.35. The Morgan fingerprint density at radius 2 is 1.97 bits per heavy atom. The number of carbonyl (C=O) groups excluding carboxylic acids is 2. The molecule has 4 rings (SSSR count). The molecular weight excluding hydrogens is 463 g/mol. The number of rotatable bonds is 7. The molecule has 0 aliphatic carbocycles. The van der Waals surface area contributed by atoms with Crippen molar-refractivity contribution in [3.63, 3.8) is 0 Å². The molecule has 2 amide bonds. The lowest BCUT2D eigenvalue weighted by molar-refractivity contribution is -0.128. The van der Waals surface area contributed by atoms with Crippen molar-refractivity contribution in [3.8, 4) is 0 Å². The second kappa shape index (κ2) is 10.6. The Labute approximate surface area is 199 Å². The number of hydrogen-bond donors (Lipinski definition) is 1. The van der Waals surface area contributed by atoms with Crippen molar-refractivity contribution in [2.75, 3.05) is 11.9 Å². The van der Waals surface area contributed by atoms with E-state index in [2.05, 4.69) is 15.3 Å². The highest BCUT2D eigenvalue weighted by Crippen LogP contribution is 2.32. The van der Waals surface area contributed by atoms with Crippen molar-refractivity contribution in [1.82, 2.24) is 9.88 Å². The molecule has 6 nitrogen and oxygen atoms in total. The number of anilines is 1. The second-order valence-corrected chi connectivity index (χ2v) is 8.91. The first-order valence-corrected chi connectivity index (χ1v) is 11.5. The predicted octanol–water partition coefficient (Wildman–Crippen LogP) is 5.08. The molecule has 0 spiro atoms. The van der Waals surface area contributed by atoms with Crippen LogP contribution < -0.4 is 5.32 Å². The normalized spacial score (nSPS) is 16.9. The number of amides is 2. The molecule has 0 radical (unpaired) electrons. The van der Waals surface area contributed by atoms with E-state index in [0.717, 1.165) is 5.69 Å². The van der Waals surface area contributed by atoms with Gasteiger partial charge in [0.25, 0.3) is 0 Å². The Morgan fingerprint density at radius 1 is 1.15 bits per heavy atom. The third kappa shape index (κ3) is 6.18. The number of benzene rings is 2. The van der Waals surface area contributed by atoms with Crippen molar-refractivity contribution in [2.45, 2.75) is 18.1 Å². The maximum atomic E-state index is 13.2. The van der Waals surface area contributed by atoms with Crippen LogP contribution >= 0.6 is 23.4 Å². The van der Waals surface area contributed by atoms with Crippen LogP contribution in [0.1, 0.15) is 12.1 Å². The summed E-state index contributed by atoms with van der Waals surface area (Å²) in [4.78, 5) is 36.2. The van der Waals surface area contributed by atoms with Gasteiger partial charge >= 0.3 is 0 Å². The van der Waals surface area contributed by atoms with E-state index in [1.54, 1.807) is 35.4 Å². The SMILES string of the molecule is O=C(C[C@@H]1SC(=Nc2cccc(Cl)c2)N(CCc2ccccn2)C1=O)Nc1ccc(F)cc1. The monoisotopic (exact) mass is 482 g/mol. The molecule has 1 atom stereocenters. The predicted molar refractivity (Wildman–Crippen MR) is 129 cm³/mol. The molecule has 1 N–H and O–H groups in total. The Balaban J connectivity index is 1.50. The number of nitrogens with zero attached hydrogens (tertiary/aromatic N) is 3. The van der Waals surface area contributed by atoms with Crippen molar-refractivity contribution in [1.29, 1.82) is 0 Å². The zero-order valence-electron chi connectivity index (χ0n) is 17.4. The molecule has 2 heterocycles. The molecule has 1 aliphatic heterocycles. The highest BCUT2D eigenvalue weighted by Gasteiger charge is 2.39. The summed E-state index contributed by atoms with van der Waals surface area (Å²) in [5.74, 6) is -0.910. The molecule has 3 aromatic rings. The maximum Gasteiger partial charge on any atom is 0.242 e. The molecule has 1 fully saturated rings. The molecule has 9 heteroatoms. The molecule has 1 aliphatic rings. The van der Waals surface area contributed by atoms with Gasteiger partial charge in [-0.15, -0.1) is 0 Å². The first-order valence-electron chi connectivity index (χ1n) is 10.3.